The molecule has 1 fully saturated rings. The molecule has 2 rings (SSSR count). The minimum atomic E-state index is -0.768. The first-order chi connectivity index (χ1) is 8.08. The van der Waals surface area contributed by atoms with E-state index in [1.165, 1.54) is 0 Å². The van der Waals surface area contributed by atoms with Crippen molar-refractivity contribution in [2.24, 2.45) is 5.92 Å². The largest absolute Gasteiger partial charge is 0.480 e. The van der Waals surface area contributed by atoms with Gasteiger partial charge in [0.25, 0.3) is 0 Å². The van der Waals surface area contributed by atoms with E-state index in [2.05, 4.69) is 21.2 Å². The highest BCUT2D eigenvalue weighted by Gasteiger charge is 2.35. The predicted molar refractivity (Wildman–Crippen MR) is 70.1 cm³/mol. The molecule has 0 bridgehead atoms. The average Bonchev–Trinajstić information content (AvgIpc) is 3.07. The standard InChI is InChI=1S/C12H13BrClNO2/c13-9-4-1-7(5-10(9)14)6-15-11(12(16)17)8-2-3-8/h1,4-5,8,11,15H,2-3,6H2,(H,16,17). The third kappa shape index (κ3) is 3.44. The fourth-order valence-corrected chi connectivity index (χ4v) is 2.21. The Kier molecular flexibility index (Phi) is 4.07. The molecule has 0 heterocycles. The number of carboxylic acid groups (broad SMARTS) is 1. The molecule has 1 aromatic rings. The third-order valence-electron chi connectivity index (χ3n) is 2.87. The normalized spacial score (nSPS) is 16.8. The van der Waals surface area contributed by atoms with E-state index < -0.39 is 12.0 Å². The molecule has 92 valence electrons. The van der Waals surface area contributed by atoms with Gasteiger partial charge in [-0.15, -0.1) is 0 Å². The Bertz CT molecular complexity index is 435. The maximum atomic E-state index is 11.0. The Morgan fingerprint density at radius 2 is 2.29 bits per heavy atom. The van der Waals surface area contributed by atoms with Gasteiger partial charge < -0.3 is 10.4 Å². The maximum Gasteiger partial charge on any atom is 0.320 e. The quantitative estimate of drug-likeness (QED) is 0.877. The SMILES string of the molecule is O=C(O)C(NCc1ccc(Br)c(Cl)c1)C1CC1. The van der Waals surface area contributed by atoms with Gasteiger partial charge in [0.2, 0.25) is 0 Å². The topological polar surface area (TPSA) is 49.3 Å². The Balaban J connectivity index is 1.96. The van der Waals surface area contributed by atoms with E-state index in [4.69, 9.17) is 16.7 Å². The van der Waals surface area contributed by atoms with Crippen LogP contribution in [0.3, 0.4) is 0 Å². The van der Waals surface area contributed by atoms with Gasteiger partial charge in [-0.3, -0.25) is 4.79 Å². The average molecular weight is 319 g/mol. The number of rotatable bonds is 5. The molecule has 0 saturated heterocycles. The predicted octanol–water partition coefficient (Wildman–Crippen LogP) is 3.06. The number of benzene rings is 1. The van der Waals surface area contributed by atoms with Gasteiger partial charge in [0.05, 0.1) is 5.02 Å². The summed E-state index contributed by atoms with van der Waals surface area (Å²) in [4.78, 5) is 11.0. The molecule has 0 amide bonds. The second-order valence-electron chi connectivity index (χ2n) is 4.28. The summed E-state index contributed by atoms with van der Waals surface area (Å²) < 4.78 is 0.847. The number of halogens is 2. The lowest BCUT2D eigenvalue weighted by Crippen LogP contribution is -2.38. The molecule has 1 aliphatic rings. The summed E-state index contributed by atoms with van der Waals surface area (Å²) in [7, 11) is 0. The van der Waals surface area contributed by atoms with Crippen molar-refractivity contribution in [3.8, 4) is 0 Å². The van der Waals surface area contributed by atoms with Gasteiger partial charge in [-0.1, -0.05) is 17.7 Å². The molecular weight excluding hydrogens is 305 g/mol. The molecule has 1 unspecified atom stereocenters. The molecular formula is C12H13BrClNO2. The van der Waals surface area contributed by atoms with E-state index in [-0.39, 0.29) is 0 Å². The Labute approximate surface area is 113 Å². The van der Waals surface area contributed by atoms with Crippen molar-refractivity contribution < 1.29 is 9.90 Å². The van der Waals surface area contributed by atoms with Crippen molar-refractivity contribution in [3.63, 3.8) is 0 Å². The highest BCUT2D eigenvalue weighted by atomic mass is 79.9. The molecule has 5 heteroatoms. The fraction of sp³-hybridized carbons (Fsp3) is 0.417. The van der Waals surface area contributed by atoms with Crippen molar-refractivity contribution in [1.29, 1.82) is 0 Å². The summed E-state index contributed by atoms with van der Waals surface area (Å²) in [6.07, 6.45) is 2.01. The van der Waals surface area contributed by atoms with Crippen LogP contribution in [0.4, 0.5) is 0 Å². The van der Waals surface area contributed by atoms with Gasteiger partial charge >= 0.3 is 5.97 Å². The summed E-state index contributed by atoms with van der Waals surface area (Å²) >= 11 is 9.29. The maximum absolute atomic E-state index is 11.0. The first-order valence-electron chi connectivity index (χ1n) is 5.48. The van der Waals surface area contributed by atoms with Crippen LogP contribution in [-0.2, 0) is 11.3 Å². The minimum Gasteiger partial charge on any atom is -0.480 e. The number of nitrogens with one attached hydrogen (secondary N) is 1. The fourth-order valence-electron chi connectivity index (χ4n) is 1.76. The molecule has 1 aliphatic carbocycles. The van der Waals surface area contributed by atoms with E-state index in [9.17, 15) is 4.79 Å². The van der Waals surface area contributed by atoms with Crippen LogP contribution in [0, 0.1) is 5.92 Å². The monoisotopic (exact) mass is 317 g/mol. The van der Waals surface area contributed by atoms with E-state index in [0.29, 0.717) is 17.5 Å². The summed E-state index contributed by atoms with van der Waals surface area (Å²) in [6, 6.07) is 5.20. The summed E-state index contributed by atoms with van der Waals surface area (Å²) in [5.74, 6) is -0.478. The number of hydrogen-bond acceptors (Lipinski definition) is 2. The van der Waals surface area contributed by atoms with Crippen LogP contribution in [0.15, 0.2) is 22.7 Å². The van der Waals surface area contributed by atoms with Crippen LogP contribution < -0.4 is 5.32 Å². The van der Waals surface area contributed by atoms with Gasteiger partial charge in [-0.05, 0) is 52.4 Å². The number of aliphatic carboxylic acids is 1. The van der Waals surface area contributed by atoms with E-state index in [1.54, 1.807) is 0 Å². The molecule has 2 N–H and O–H groups in total. The minimum absolute atomic E-state index is 0.290. The van der Waals surface area contributed by atoms with Crippen LogP contribution in [0.2, 0.25) is 5.02 Å². The van der Waals surface area contributed by atoms with Crippen molar-refractivity contribution in [2.45, 2.75) is 25.4 Å². The van der Waals surface area contributed by atoms with E-state index >= 15 is 0 Å². The highest BCUT2D eigenvalue weighted by Crippen LogP contribution is 2.33. The van der Waals surface area contributed by atoms with Gasteiger partial charge in [0.15, 0.2) is 0 Å². The van der Waals surface area contributed by atoms with Gasteiger partial charge in [0, 0.05) is 11.0 Å². The number of carboxylic acids is 1. The third-order valence-corrected chi connectivity index (χ3v) is 4.10. The van der Waals surface area contributed by atoms with Crippen molar-refractivity contribution in [2.75, 3.05) is 0 Å². The van der Waals surface area contributed by atoms with Gasteiger partial charge in [0.1, 0.15) is 6.04 Å². The van der Waals surface area contributed by atoms with Crippen molar-refractivity contribution in [1.82, 2.24) is 5.32 Å². The lowest BCUT2D eigenvalue weighted by molar-refractivity contribution is -0.140. The summed E-state index contributed by atoms with van der Waals surface area (Å²) in [5, 5.41) is 12.8. The first kappa shape index (κ1) is 12.9. The number of hydrogen-bond donors (Lipinski definition) is 2. The first-order valence-corrected chi connectivity index (χ1v) is 6.65. The molecule has 0 radical (unpaired) electrons. The molecule has 0 aromatic heterocycles. The molecule has 0 aliphatic heterocycles. The van der Waals surface area contributed by atoms with Crippen molar-refractivity contribution >= 4 is 33.5 Å². The van der Waals surface area contributed by atoms with E-state index in [0.717, 1.165) is 22.9 Å². The molecule has 17 heavy (non-hydrogen) atoms. The summed E-state index contributed by atoms with van der Waals surface area (Å²) in [5.41, 5.74) is 0.991. The highest BCUT2D eigenvalue weighted by molar-refractivity contribution is 9.10. The Morgan fingerprint density at radius 3 is 2.82 bits per heavy atom. The van der Waals surface area contributed by atoms with Crippen molar-refractivity contribution in [3.05, 3.63) is 33.3 Å². The van der Waals surface area contributed by atoms with Crippen LogP contribution in [0.5, 0.6) is 0 Å². The second-order valence-corrected chi connectivity index (χ2v) is 5.54. The van der Waals surface area contributed by atoms with Gasteiger partial charge in [-0.2, -0.15) is 0 Å². The number of carbonyl (C=O) groups is 1. The molecule has 1 saturated carbocycles. The molecule has 3 nitrogen and oxygen atoms in total. The Hall–Kier alpha value is -0.580. The zero-order valence-electron chi connectivity index (χ0n) is 9.12. The van der Waals surface area contributed by atoms with E-state index in [1.807, 2.05) is 18.2 Å². The van der Waals surface area contributed by atoms with Crippen LogP contribution in [-0.4, -0.2) is 17.1 Å². The zero-order chi connectivity index (χ0) is 12.4. The Morgan fingerprint density at radius 1 is 1.59 bits per heavy atom. The zero-order valence-corrected chi connectivity index (χ0v) is 11.5. The molecule has 1 atom stereocenters. The lowest BCUT2D eigenvalue weighted by atomic mass is 10.1. The molecule has 1 aromatic carbocycles. The van der Waals surface area contributed by atoms with Crippen LogP contribution >= 0.6 is 27.5 Å². The second kappa shape index (κ2) is 5.38. The molecule has 0 spiro atoms. The lowest BCUT2D eigenvalue weighted by Gasteiger charge is -2.13. The summed E-state index contributed by atoms with van der Waals surface area (Å²) in [6.45, 7) is 0.528. The smallest absolute Gasteiger partial charge is 0.320 e. The van der Waals surface area contributed by atoms with Crippen LogP contribution in [0.25, 0.3) is 0 Å². The van der Waals surface area contributed by atoms with Crippen LogP contribution in [0.1, 0.15) is 18.4 Å². The van der Waals surface area contributed by atoms with Gasteiger partial charge in [-0.25, -0.2) is 0 Å².